The van der Waals surface area contributed by atoms with Crippen molar-refractivity contribution in [1.29, 1.82) is 0 Å². The number of benzene rings is 1. The van der Waals surface area contributed by atoms with E-state index in [2.05, 4.69) is 51.1 Å². The van der Waals surface area contributed by atoms with Crippen LogP contribution in [0.25, 0.3) is 0 Å². The molecule has 2 rings (SSSR count). The largest absolute Gasteiger partial charge is 0.369 e. The first-order valence-electron chi connectivity index (χ1n) is 6.99. The van der Waals surface area contributed by atoms with Gasteiger partial charge in [-0.15, -0.1) is 0 Å². The summed E-state index contributed by atoms with van der Waals surface area (Å²) in [7, 11) is 0. The van der Waals surface area contributed by atoms with Gasteiger partial charge in [0.15, 0.2) is 0 Å². The van der Waals surface area contributed by atoms with Gasteiger partial charge in [0.05, 0.1) is 12.7 Å². The predicted molar refractivity (Wildman–Crippen MR) is 76.3 cm³/mol. The van der Waals surface area contributed by atoms with E-state index in [1.54, 1.807) is 0 Å². The van der Waals surface area contributed by atoms with Gasteiger partial charge in [0.2, 0.25) is 0 Å². The van der Waals surface area contributed by atoms with Crippen molar-refractivity contribution in [2.75, 3.05) is 0 Å². The second-order valence-corrected chi connectivity index (χ2v) is 5.71. The lowest BCUT2D eigenvalue weighted by atomic mass is 9.81. The minimum Gasteiger partial charge on any atom is -0.369 e. The molecule has 0 radical (unpaired) electrons. The number of rotatable bonds is 4. The van der Waals surface area contributed by atoms with Gasteiger partial charge >= 0.3 is 0 Å². The molecule has 0 saturated heterocycles. The molecule has 0 heterocycles. The summed E-state index contributed by atoms with van der Waals surface area (Å²) in [5.41, 5.74) is 2.67. The van der Waals surface area contributed by atoms with Crippen molar-refractivity contribution < 1.29 is 4.74 Å². The Bertz CT molecular complexity index is 391. The van der Waals surface area contributed by atoms with Crippen LogP contribution < -0.4 is 0 Å². The van der Waals surface area contributed by atoms with Crippen LogP contribution >= 0.6 is 0 Å². The fourth-order valence-corrected chi connectivity index (χ4v) is 2.54. The molecular weight excluding hydrogens is 220 g/mol. The average Bonchev–Trinajstić information content (AvgIpc) is 2.38. The lowest BCUT2D eigenvalue weighted by Crippen LogP contribution is -2.25. The molecule has 0 unspecified atom stereocenters. The molecule has 0 N–H and O–H groups in total. The van der Waals surface area contributed by atoms with Crippen molar-refractivity contribution in [3.8, 4) is 0 Å². The third kappa shape index (κ3) is 3.46. The Balaban J connectivity index is 1.92. The maximum Gasteiger partial charge on any atom is 0.0789 e. The van der Waals surface area contributed by atoms with Crippen molar-refractivity contribution in [3.05, 3.63) is 47.5 Å². The molecule has 18 heavy (non-hydrogen) atoms. The molecule has 1 aromatic carbocycles. The zero-order valence-electron chi connectivity index (χ0n) is 11.7. The van der Waals surface area contributed by atoms with Crippen LogP contribution in [0, 0.1) is 11.8 Å². The highest BCUT2D eigenvalue weighted by molar-refractivity contribution is 5.15. The first-order valence-corrected chi connectivity index (χ1v) is 6.99. The van der Waals surface area contributed by atoms with E-state index >= 15 is 0 Å². The fraction of sp³-hybridized carbons (Fsp3) is 0.529. The Morgan fingerprint density at radius 3 is 2.61 bits per heavy atom. The molecule has 0 aliphatic heterocycles. The molecule has 1 aliphatic carbocycles. The number of ether oxygens (including phenoxy) is 1. The van der Waals surface area contributed by atoms with Crippen molar-refractivity contribution in [3.63, 3.8) is 0 Å². The molecule has 1 heteroatoms. The average molecular weight is 244 g/mol. The fourth-order valence-electron chi connectivity index (χ4n) is 2.54. The third-order valence-electron chi connectivity index (χ3n) is 4.00. The molecule has 1 nitrogen and oxygen atoms in total. The first-order chi connectivity index (χ1) is 8.66. The van der Waals surface area contributed by atoms with Crippen LogP contribution in [-0.2, 0) is 11.3 Å². The van der Waals surface area contributed by atoms with Gasteiger partial charge in [-0.3, -0.25) is 0 Å². The summed E-state index contributed by atoms with van der Waals surface area (Å²) in [5, 5.41) is 0. The van der Waals surface area contributed by atoms with Gasteiger partial charge in [0.25, 0.3) is 0 Å². The number of hydrogen-bond acceptors (Lipinski definition) is 1. The Morgan fingerprint density at radius 1 is 1.22 bits per heavy atom. The van der Waals surface area contributed by atoms with Crippen molar-refractivity contribution in [2.45, 2.75) is 46.3 Å². The van der Waals surface area contributed by atoms with Crippen LogP contribution in [0.5, 0.6) is 0 Å². The Kier molecular flexibility index (Phi) is 4.60. The molecule has 1 aliphatic rings. The van der Waals surface area contributed by atoms with Gasteiger partial charge in [-0.2, -0.15) is 0 Å². The van der Waals surface area contributed by atoms with Gasteiger partial charge in [0, 0.05) is 0 Å². The van der Waals surface area contributed by atoms with E-state index in [0.29, 0.717) is 6.10 Å². The number of allylic oxidation sites excluding steroid dienone is 1. The predicted octanol–water partition coefficient (Wildman–Crippen LogP) is 4.58. The summed E-state index contributed by atoms with van der Waals surface area (Å²) in [4.78, 5) is 0. The molecule has 0 aromatic heterocycles. The van der Waals surface area contributed by atoms with E-state index in [4.69, 9.17) is 4.74 Å². The third-order valence-corrected chi connectivity index (χ3v) is 4.00. The smallest absolute Gasteiger partial charge is 0.0789 e. The van der Waals surface area contributed by atoms with Gasteiger partial charge in [0.1, 0.15) is 0 Å². The summed E-state index contributed by atoms with van der Waals surface area (Å²) in [6.07, 6.45) is 5.07. The van der Waals surface area contributed by atoms with E-state index in [1.165, 1.54) is 24.0 Å². The first kappa shape index (κ1) is 13.4. The highest BCUT2D eigenvalue weighted by Gasteiger charge is 2.24. The minimum absolute atomic E-state index is 0.311. The van der Waals surface area contributed by atoms with Crippen LogP contribution in [0.1, 0.15) is 39.2 Å². The molecule has 0 spiro atoms. The van der Waals surface area contributed by atoms with E-state index in [0.717, 1.165) is 18.4 Å². The van der Waals surface area contributed by atoms with E-state index in [9.17, 15) is 0 Å². The molecule has 1 aromatic rings. The zero-order chi connectivity index (χ0) is 13.0. The van der Waals surface area contributed by atoms with E-state index < -0.39 is 0 Å². The van der Waals surface area contributed by atoms with E-state index in [-0.39, 0.29) is 0 Å². The monoisotopic (exact) mass is 244 g/mol. The second kappa shape index (κ2) is 6.19. The van der Waals surface area contributed by atoms with Crippen LogP contribution in [0.3, 0.4) is 0 Å². The van der Waals surface area contributed by atoms with Crippen LogP contribution in [0.2, 0.25) is 0 Å². The van der Waals surface area contributed by atoms with Gasteiger partial charge in [-0.25, -0.2) is 0 Å². The summed E-state index contributed by atoms with van der Waals surface area (Å²) < 4.78 is 6.09. The summed E-state index contributed by atoms with van der Waals surface area (Å²) in [6.45, 7) is 7.55. The lowest BCUT2D eigenvalue weighted by Gasteiger charge is -2.31. The van der Waals surface area contributed by atoms with E-state index in [1.807, 2.05) is 6.07 Å². The Morgan fingerprint density at radius 2 is 1.94 bits per heavy atom. The lowest BCUT2D eigenvalue weighted by molar-refractivity contribution is 0.0374. The maximum atomic E-state index is 6.09. The molecule has 0 fully saturated rings. The van der Waals surface area contributed by atoms with Crippen LogP contribution in [-0.4, -0.2) is 6.10 Å². The van der Waals surface area contributed by atoms with Gasteiger partial charge < -0.3 is 4.74 Å². The van der Waals surface area contributed by atoms with Crippen LogP contribution in [0.4, 0.5) is 0 Å². The summed E-state index contributed by atoms with van der Waals surface area (Å²) >= 11 is 0. The second-order valence-electron chi connectivity index (χ2n) is 5.71. The van der Waals surface area contributed by atoms with Gasteiger partial charge in [-0.05, 0) is 42.7 Å². The normalized spacial score (nSPS) is 24.1. The molecule has 0 saturated carbocycles. The molecular formula is C17H24O. The minimum atomic E-state index is 0.311. The maximum absolute atomic E-state index is 6.09. The zero-order valence-corrected chi connectivity index (χ0v) is 11.7. The number of hydrogen-bond donors (Lipinski definition) is 0. The highest BCUT2D eigenvalue weighted by atomic mass is 16.5. The standard InChI is InChI=1S/C17H24O/c1-13(2)16-10-9-14(3)17(11-16)18-12-15-7-5-4-6-8-15/h4-9,13,16-17H,10-12H2,1-3H3/t16-,17-/m1/s1. The molecule has 2 atom stereocenters. The topological polar surface area (TPSA) is 9.23 Å². The van der Waals surface area contributed by atoms with Gasteiger partial charge in [-0.1, -0.05) is 50.3 Å². The highest BCUT2D eigenvalue weighted by Crippen LogP contribution is 2.31. The van der Waals surface area contributed by atoms with Crippen molar-refractivity contribution in [1.82, 2.24) is 0 Å². The summed E-state index contributed by atoms with van der Waals surface area (Å²) in [5.74, 6) is 1.52. The van der Waals surface area contributed by atoms with Crippen molar-refractivity contribution in [2.24, 2.45) is 11.8 Å². The van der Waals surface area contributed by atoms with Crippen molar-refractivity contribution >= 4 is 0 Å². The van der Waals surface area contributed by atoms with Crippen LogP contribution in [0.15, 0.2) is 42.0 Å². The Labute approximate surface area is 111 Å². The molecule has 0 bridgehead atoms. The molecule has 98 valence electrons. The SMILES string of the molecule is CC1=CC[C@@H](C(C)C)C[C@H]1OCc1ccccc1. The Hall–Kier alpha value is -1.08. The molecule has 0 amide bonds. The summed E-state index contributed by atoms with van der Waals surface area (Å²) in [6, 6.07) is 10.4. The quantitative estimate of drug-likeness (QED) is 0.704.